The molecule has 0 bridgehead atoms. The van der Waals surface area contributed by atoms with Gasteiger partial charge in [0.2, 0.25) is 5.91 Å². The van der Waals surface area contributed by atoms with E-state index in [-0.39, 0.29) is 11.8 Å². The largest absolute Gasteiger partial charge is 0.350 e. The number of piperidine rings is 2. The third kappa shape index (κ3) is 5.58. The summed E-state index contributed by atoms with van der Waals surface area (Å²) < 4.78 is 0. The van der Waals surface area contributed by atoms with E-state index < -0.39 is 0 Å². The standard InChI is InChI=1S/C22H30N6O/c29-22(25-14-20-5-10-24-17-26-20)19-2-1-11-28(16-19)21-6-12-27(13-7-21)15-18-3-8-23-9-4-18/h3-5,8-10,17,19,21H,1-2,6-7,11-16H2,(H,25,29)/t19-/m0/s1. The number of carbonyl (C=O) groups is 1. The van der Waals surface area contributed by atoms with Crippen LogP contribution in [0, 0.1) is 5.92 Å². The van der Waals surface area contributed by atoms with Crippen LogP contribution in [0.2, 0.25) is 0 Å². The molecule has 154 valence electrons. The summed E-state index contributed by atoms with van der Waals surface area (Å²) >= 11 is 0. The van der Waals surface area contributed by atoms with Crippen molar-refractivity contribution in [1.29, 1.82) is 0 Å². The summed E-state index contributed by atoms with van der Waals surface area (Å²) in [5.41, 5.74) is 2.18. The van der Waals surface area contributed by atoms with Gasteiger partial charge in [-0.15, -0.1) is 0 Å². The minimum Gasteiger partial charge on any atom is -0.350 e. The van der Waals surface area contributed by atoms with Crippen LogP contribution in [-0.2, 0) is 17.9 Å². The maximum Gasteiger partial charge on any atom is 0.224 e. The normalized spacial score (nSPS) is 21.7. The average molecular weight is 395 g/mol. The van der Waals surface area contributed by atoms with Crippen molar-refractivity contribution in [2.45, 2.75) is 44.8 Å². The number of hydrogen-bond donors (Lipinski definition) is 1. The van der Waals surface area contributed by atoms with Gasteiger partial charge in [0.25, 0.3) is 0 Å². The van der Waals surface area contributed by atoms with Crippen LogP contribution >= 0.6 is 0 Å². The number of carbonyl (C=O) groups excluding carboxylic acids is 1. The van der Waals surface area contributed by atoms with Gasteiger partial charge in [0.1, 0.15) is 6.33 Å². The molecule has 0 unspecified atom stereocenters. The third-order valence-electron chi connectivity index (χ3n) is 6.14. The van der Waals surface area contributed by atoms with Gasteiger partial charge in [-0.1, -0.05) is 0 Å². The number of nitrogens with one attached hydrogen (secondary N) is 1. The fourth-order valence-electron chi connectivity index (χ4n) is 4.49. The molecule has 1 amide bonds. The predicted octanol–water partition coefficient (Wildman–Crippen LogP) is 1.86. The van der Waals surface area contributed by atoms with Crippen molar-refractivity contribution >= 4 is 5.91 Å². The number of pyridine rings is 1. The van der Waals surface area contributed by atoms with Crippen molar-refractivity contribution in [2.24, 2.45) is 5.92 Å². The topological polar surface area (TPSA) is 74.2 Å². The van der Waals surface area contributed by atoms with Gasteiger partial charge in [-0.2, -0.15) is 0 Å². The van der Waals surface area contributed by atoms with Crippen LogP contribution in [0.1, 0.15) is 36.9 Å². The quantitative estimate of drug-likeness (QED) is 0.806. The Balaban J connectivity index is 1.23. The molecule has 0 spiro atoms. The van der Waals surface area contributed by atoms with E-state index in [1.807, 2.05) is 18.5 Å². The fraction of sp³-hybridized carbons (Fsp3) is 0.545. The molecule has 2 aromatic heterocycles. The zero-order valence-corrected chi connectivity index (χ0v) is 16.9. The van der Waals surface area contributed by atoms with Crippen LogP contribution in [0.3, 0.4) is 0 Å². The van der Waals surface area contributed by atoms with E-state index in [1.165, 1.54) is 24.7 Å². The third-order valence-corrected chi connectivity index (χ3v) is 6.14. The number of rotatable bonds is 6. The second-order valence-electron chi connectivity index (χ2n) is 8.12. The van der Waals surface area contributed by atoms with Gasteiger partial charge in [-0.25, -0.2) is 9.97 Å². The highest BCUT2D eigenvalue weighted by Gasteiger charge is 2.31. The van der Waals surface area contributed by atoms with E-state index >= 15 is 0 Å². The SMILES string of the molecule is O=C(NCc1ccncn1)[C@H]1CCCN(C2CCN(Cc3ccncc3)CC2)C1. The zero-order valence-electron chi connectivity index (χ0n) is 16.9. The molecule has 1 atom stereocenters. The van der Waals surface area contributed by atoms with Gasteiger partial charge >= 0.3 is 0 Å². The highest BCUT2D eigenvalue weighted by molar-refractivity contribution is 5.78. The molecular weight excluding hydrogens is 364 g/mol. The van der Waals surface area contributed by atoms with Gasteiger partial charge in [0, 0.05) is 37.7 Å². The number of amides is 1. The van der Waals surface area contributed by atoms with Gasteiger partial charge in [-0.05, 0) is 69.1 Å². The van der Waals surface area contributed by atoms with Crippen molar-refractivity contribution in [1.82, 2.24) is 30.1 Å². The van der Waals surface area contributed by atoms with Crippen molar-refractivity contribution in [3.05, 3.63) is 54.4 Å². The summed E-state index contributed by atoms with van der Waals surface area (Å²) in [5, 5.41) is 3.06. The lowest BCUT2D eigenvalue weighted by Gasteiger charge is -2.42. The Hall–Kier alpha value is -2.38. The highest BCUT2D eigenvalue weighted by Crippen LogP contribution is 2.24. The summed E-state index contributed by atoms with van der Waals surface area (Å²) in [6.45, 7) is 5.71. The minimum absolute atomic E-state index is 0.0837. The first-order valence-electron chi connectivity index (χ1n) is 10.7. The first-order chi connectivity index (χ1) is 14.3. The van der Waals surface area contributed by atoms with Crippen LogP contribution in [0.5, 0.6) is 0 Å². The molecule has 2 aromatic rings. The summed E-state index contributed by atoms with van der Waals surface area (Å²) in [6, 6.07) is 6.64. The molecule has 0 saturated carbocycles. The van der Waals surface area contributed by atoms with Crippen molar-refractivity contribution in [3.63, 3.8) is 0 Å². The molecule has 2 aliphatic heterocycles. The van der Waals surface area contributed by atoms with E-state index in [2.05, 4.69) is 42.2 Å². The molecule has 0 radical (unpaired) electrons. The highest BCUT2D eigenvalue weighted by atomic mass is 16.1. The molecule has 1 N–H and O–H groups in total. The van der Waals surface area contributed by atoms with E-state index in [0.29, 0.717) is 12.6 Å². The average Bonchev–Trinajstić information content (AvgIpc) is 2.79. The zero-order chi connectivity index (χ0) is 19.9. The second kappa shape index (κ2) is 9.89. The van der Waals surface area contributed by atoms with Crippen LogP contribution < -0.4 is 5.32 Å². The Kier molecular flexibility index (Phi) is 6.79. The summed E-state index contributed by atoms with van der Waals surface area (Å²) in [5.74, 6) is 0.240. The lowest BCUT2D eigenvalue weighted by atomic mass is 9.93. The van der Waals surface area contributed by atoms with Crippen LogP contribution in [0.25, 0.3) is 0 Å². The van der Waals surface area contributed by atoms with E-state index in [4.69, 9.17) is 0 Å². The Labute approximate surface area is 172 Å². The predicted molar refractivity (Wildman–Crippen MR) is 111 cm³/mol. The van der Waals surface area contributed by atoms with Gasteiger partial charge in [0.15, 0.2) is 0 Å². The molecule has 0 aliphatic carbocycles. The summed E-state index contributed by atoms with van der Waals surface area (Å²) in [4.78, 5) is 29.9. The molecule has 4 heterocycles. The second-order valence-corrected chi connectivity index (χ2v) is 8.12. The van der Waals surface area contributed by atoms with Crippen LogP contribution in [0.4, 0.5) is 0 Å². The monoisotopic (exact) mass is 394 g/mol. The van der Waals surface area contributed by atoms with Gasteiger partial charge in [-0.3, -0.25) is 19.6 Å². The summed E-state index contributed by atoms with van der Waals surface area (Å²) in [6.07, 6.45) is 11.4. The number of nitrogens with zero attached hydrogens (tertiary/aromatic N) is 5. The number of aromatic nitrogens is 3. The minimum atomic E-state index is 0.0837. The van der Waals surface area contributed by atoms with Gasteiger partial charge in [0.05, 0.1) is 18.2 Å². The van der Waals surface area contributed by atoms with E-state index in [0.717, 1.165) is 51.3 Å². The molecule has 4 rings (SSSR count). The van der Waals surface area contributed by atoms with Crippen molar-refractivity contribution in [3.8, 4) is 0 Å². The van der Waals surface area contributed by atoms with Crippen molar-refractivity contribution < 1.29 is 4.79 Å². The number of likely N-dealkylation sites (tertiary alicyclic amines) is 2. The van der Waals surface area contributed by atoms with Crippen LogP contribution in [0.15, 0.2) is 43.1 Å². The Morgan fingerprint density at radius 1 is 1.03 bits per heavy atom. The molecule has 7 nitrogen and oxygen atoms in total. The molecule has 7 heteroatoms. The Morgan fingerprint density at radius 3 is 2.59 bits per heavy atom. The molecule has 2 aliphatic rings. The van der Waals surface area contributed by atoms with Gasteiger partial charge < -0.3 is 5.32 Å². The van der Waals surface area contributed by atoms with E-state index in [1.54, 1.807) is 6.20 Å². The molecule has 2 saturated heterocycles. The molecular formula is C22H30N6O. The summed E-state index contributed by atoms with van der Waals surface area (Å²) in [7, 11) is 0. The first-order valence-corrected chi connectivity index (χ1v) is 10.7. The fourth-order valence-corrected chi connectivity index (χ4v) is 4.49. The van der Waals surface area contributed by atoms with Crippen LogP contribution in [-0.4, -0.2) is 62.9 Å². The lowest BCUT2D eigenvalue weighted by Crippen LogP contribution is -2.50. The molecule has 29 heavy (non-hydrogen) atoms. The van der Waals surface area contributed by atoms with E-state index in [9.17, 15) is 4.79 Å². The maximum atomic E-state index is 12.7. The number of hydrogen-bond acceptors (Lipinski definition) is 6. The Bertz CT molecular complexity index is 763. The smallest absolute Gasteiger partial charge is 0.224 e. The molecule has 2 fully saturated rings. The van der Waals surface area contributed by atoms with Crippen molar-refractivity contribution in [2.75, 3.05) is 26.2 Å². The Morgan fingerprint density at radius 2 is 1.83 bits per heavy atom. The first kappa shape index (κ1) is 19.9. The molecule has 0 aromatic carbocycles. The lowest BCUT2D eigenvalue weighted by molar-refractivity contribution is -0.127. The maximum absolute atomic E-state index is 12.7.